The first kappa shape index (κ1) is 11.3. The van der Waals surface area contributed by atoms with Gasteiger partial charge in [-0.3, -0.25) is 0 Å². The maximum absolute atomic E-state index is 13.2. The summed E-state index contributed by atoms with van der Waals surface area (Å²) in [5.74, 6) is -0.327. The lowest BCUT2D eigenvalue weighted by Crippen LogP contribution is -2.02. The lowest BCUT2D eigenvalue weighted by Gasteiger charge is -2.03. The molecule has 1 heterocycles. The molecule has 2 rings (SSSR count). The number of furan rings is 1. The van der Waals surface area contributed by atoms with Crippen LogP contribution in [-0.2, 0) is 0 Å². The number of hydrogen-bond donors (Lipinski definition) is 0. The van der Waals surface area contributed by atoms with Gasteiger partial charge in [-0.2, -0.15) is 0 Å². The van der Waals surface area contributed by atoms with E-state index in [2.05, 4.69) is 0 Å². The molecule has 0 bridgehead atoms. The molecule has 0 aliphatic heterocycles. The van der Waals surface area contributed by atoms with E-state index in [1.807, 2.05) is 0 Å². The van der Waals surface area contributed by atoms with Gasteiger partial charge in [0.05, 0.1) is 0 Å². The van der Waals surface area contributed by atoms with E-state index in [-0.39, 0.29) is 5.76 Å². The van der Waals surface area contributed by atoms with Crippen molar-refractivity contribution >= 4 is 22.6 Å². The fraction of sp³-hybridized carbons (Fsp3) is 0.273. The maximum atomic E-state index is 13.2. The summed E-state index contributed by atoms with van der Waals surface area (Å²) < 4.78 is 42.7. The van der Waals surface area contributed by atoms with E-state index in [1.165, 1.54) is 13.0 Å². The molecule has 0 radical (unpaired) electrons. The second-order valence-corrected chi connectivity index (χ2v) is 3.90. The Labute approximate surface area is 94.8 Å². The Morgan fingerprint density at radius 1 is 1.25 bits per heavy atom. The van der Waals surface area contributed by atoms with Crippen molar-refractivity contribution in [3.05, 3.63) is 34.5 Å². The molecule has 1 aromatic heterocycles. The topological polar surface area (TPSA) is 13.1 Å². The molecular weight excluding hydrogens is 241 g/mol. The van der Waals surface area contributed by atoms with Crippen LogP contribution in [0.15, 0.2) is 22.6 Å². The van der Waals surface area contributed by atoms with Crippen LogP contribution >= 0.6 is 11.6 Å². The van der Waals surface area contributed by atoms with Crippen LogP contribution < -0.4 is 0 Å². The summed E-state index contributed by atoms with van der Waals surface area (Å²) in [5, 5.41) is 1.02. The van der Waals surface area contributed by atoms with Gasteiger partial charge >= 0.3 is 0 Å². The number of benzene rings is 1. The summed E-state index contributed by atoms with van der Waals surface area (Å²) in [6.07, 6.45) is -5.49. The van der Waals surface area contributed by atoms with E-state index in [4.69, 9.17) is 16.0 Å². The quantitative estimate of drug-likeness (QED) is 0.753. The van der Waals surface area contributed by atoms with Gasteiger partial charge < -0.3 is 4.42 Å². The fourth-order valence-electron chi connectivity index (χ4n) is 1.59. The van der Waals surface area contributed by atoms with Crippen LogP contribution in [0.3, 0.4) is 0 Å². The van der Waals surface area contributed by atoms with E-state index >= 15 is 0 Å². The van der Waals surface area contributed by atoms with Crippen LogP contribution in [0, 0.1) is 6.92 Å². The predicted molar refractivity (Wildman–Crippen MR) is 55.8 cm³/mol. The molecule has 5 heteroatoms. The zero-order chi connectivity index (χ0) is 11.9. The van der Waals surface area contributed by atoms with E-state index < -0.39 is 12.6 Å². The highest BCUT2D eigenvalue weighted by molar-refractivity contribution is 6.31. The van der Waals surface area contributed by atoms with E-state index in [0.29, 0.717) is 21.6 Å². The Morgan fingerprint density at radius 3 is 2.56 bits per heavy atom. The molecule has 16 heavy (non-hydrogen) atoms. The molecule has 1 unspecified atom stereocenters. The minimum Gasteiger partial charge on any atom is -0.457 e. The number of aryl methyl sites for hydroxylation is 1. The van der Waals surface area contributed by atoms with Gasteiger partial charge in [0.1, 0.15) is 11.3 Å². The third-order valence-electron chi connectivity index (χ3n) is 2.41. The first-order valence-electron chi connectivity index (χ1n) is 4.61. The maximum Gasteiger partial charge on any atom is 0.276 e. The number of fused-ring (bicyclic) bond motifs is 1. The number of hydrogen-bond acceptors (Lipinski definition) is 1. The van der Waals surface area contributed by atoms with Crippen molar-refractivity contribution in [1.82, 2.24) is 0 Å². The van der Waals surface area contributed by atoms with Crippen LogP contribution in [0.25, 0.3) is 11.0 Å². The van der Waals surface area contributed by atoms with Crippen molar-refractivity contribution in [2.24, 2.45) is 0 Å². The molecule has 1 nitrogen and oxygen atoms in total. The Hall–Kier alpha value is -1.16. The molecule has 0 amide bonds. The van der Waals surface area contributed by atoms with Gasteiger partial charge in [0.25, 0.3) is 6.43 Å². The van der Waals surface area contributed by atoms with Crippen LogP contribution in [-0.4, -0.2) is 6.43 Å². The van der Waals surface area contributed by atoms with Gasteiger partial charge in [-0.1, -0.05) is 11.6 Å². The second-order valence-electron chi connectivity index (χ2n) is 3.47. The van der Waals surface area contributed by atoms with Crippen molar-refractivity contribution in [2.45, 2.75) is 19.5 Å². The molecule has 0 N–H and O–H groups in total. The molecular formula is C11H8ClF3O. The van der Waals surface area contributed by atoms with Crippen molar-refractivity contribution in [2.75, 3.05) is 0 Å². The normalized spacial score (nSPS) is 13.6. The van der Waals surface area contributed by atoms with Crippen molar-refractivity contribution in [3.63, 3.8) is 0 Å². The number of rotatable bonds is 2. The first-order chi connectivity index (χ1) is 7.50. The molecule has 1 atom stereocenters. The largest absolute Gasteiger partial charge is 0.457 e. The summed E-state index contributed by atoms with van der Waals surface area (Å²) in [6.45, 7) is 1.53. The highest BCUT2D eigenvalue weighted by Gasteiger charge is 2.28. The SMILES string of the molecule is Cc1c(C(F)C(F)F)oc2ccc(Cl)cc12. The van der Waals surface area contributed by atoms with Crippen molar-refractivity contribution < 1.29 is 17.6 Å². The smallest absolute Gasteiger partial charge is 0.276 e. The predicted octanol–water partition coefficient (Wildman–Crippen LogP) is 4.67. The van der Waals surface area contributed by atoms with E-state index in [1.54, 1.807) is 12.1 Å². The molecule has 0 aliphatic rings. The highest BCUT2D eigenvalue weighted by Crippen LogP contribution is 2.35. The van der Waals surface area contributed by atoms with E-state index in [0.717, 1.165) is 0 Å². The average molecular weight is 249 g/mol. The average Bonchev–Trinajstić information content (AvgIpc) is 2.55. The van der Waals surface area contributed by atoms with Gasteiger partial charge in [-0.25, -0.2) is 13.2 Å². The summed E-state index contributed by atoms with van der Waals surface area (Å²) in [5.41, 5.74) is 0.727. The highest BCUT2D eigenvalue weighted by atomic mass is 35.5. The van der Waals surface area contributed by atoms with Gasteiger partial charge in [-0.05, 0) is 25.1 Å². The van der Waals surface area contributed by atoms with Crippen LogP contribution in [0.2, 0.25) is 5.02 Å². The Kier molecular flexibility index (Phi) is 2.84. The molecule has 1 aromatic carbocycles. The zero-order valence-electron chi connectivity index (χ0n) is 8.31. The third-order valence-corrected chi connectivity index (χ3v) is 2.64. The minimum absolute atomic E-state index is 0.327. The summed E-state index contributed by atoms with van der Waals surface area (Å²) in [6, 6.07) is 4.66. The number of alkyl halides is 3. The molecule has 2 aromatic rings. The lowest BCUT2D eigenvalue weighted by atomic mass is 10.1. The van der Waals surface area contributed by atoms with Crippen LogP contribution in [0.5, 0.6) is 0 Å². The second kappa shape index (κ2) is 4.01. The minimum atomic E-state index is -3.09. The van der Waals surface area contributed by atoms with Crippen LogP contribution in [0.1, 0.15) is 17.5 Å². The first-order valence-corrected chi connectivity index (χ1v) is 4.99. The standard InChI is InChI=1S/C11H8ClF3O/c1-5-7-4-6(12)2-3-8(7)16-10(5)9(13)11(14)15/h2-4,9,11H,1H3. The zero-order valence-corrected chi connectivity index (χ0v) is 9.06. The molecule has 0 saturated carbocycles. The van der Waals surface area contributed by atoms with Gasteiger partial charge in [0.15, 0.2) is 0 Å². The van der Waals surface area contributed by atoms with Crippen molar-refractivity contribution in [1.29, 1.82) is 0 Å². The van der Waals surface area contributed by atoms with Crippen molar-refractivity contribution in [3.8, 4) is 0 Å². The van der Waals surface area contributed by atoms with Crippen LogP contribution in [0.4, 0.5) is 13.2 Å². The monoisotopic (exact) mass is 248 g/mol. The lowest BCUT2D eigenvalue weighted by molar-refractivity contribution is 0.0381. The van der Waals surface area contributed by atoms with Gasteiger partial charge in [0, 0.05) is 16.0 Å². The Morgan fingerprint density at radius 2 is 1.94 bits per heavy atom. The summed E-state index contributed by atoms with van der Waals surface area (Å²) >= 11 is 5.76. The molecule has 0 saturated heterocycles. The molecule has 0 spiro atoms. The molecule has 86 valence electrons. The Bertz CT molecular complexity index is 521. The van der Waals surface area contributed by atoms with Gasteiger partial charge in [0.2, 0.25) is 6.17 Å². The summed E-state index contributed by atoms with van der Waals surface area (Å²) in [4.78, 5) is 0. The van der Waals surface area contributed by atoms with E-state index in [9.17, 15) is 13.2 Å². The molecule has 0 aliphatic carbocycles. The molecule has 0 fully saturated rings. The Balaban J connectivity index is 2.60. The summed E-state index contributed by atoms with van der Waals surface area (Å²) in [7, 11) is 0. The fourth-order valence-corrected chi connectivity index (χ4v) is 1.76. The third kappa shape index (κ3) is 1.78. The number of halogens is 4. The van der Waals surface area contributed by atoms with Gasteiger partial charge in [-0.15, -0.1) is 0 Å².